The average Bonchev–Trinajstić information content (AvgIpc) is 2.41. The quantitative estimate of drug-likeness (QED) is 0.565. The van der Waals surface area contributed by atoms with Gasteiger partial charge < -0.3 is 13.6 Å². The molecule has 0 aromatic rings. The molecule has 0 aromatic carbocycles. The Kier molecular flexibility index (Phi) is 193. The van der Waals surface area contributed by atoms with Gasteiger partial charge in [-0.15, -0.1) is 0 Å². The van der Waals surface area contributed by atoms with Crippen molar-refractivity contribution in [2.75, 3.05) is 21.3 Å². The summed E-state index contributed by atoms with van der Waals surface area (Å²) < 4.78 is 14.0. The number of rotatable bonds is 3. The van der Waals surface area contributed by atoms with E-state index in [9.17, 15) is 0 Å². The molecule has 0 bridgehead atoms. The Labute approximate surface area is 110 Å². The van der Waals surface area contributed by atoms with E-state index in [1.807, 2.05) is 0 Å². The molecule has 0 unspecified atom stereocenters. The Morgan fingerprint density at radius 3 is 0.750 bits per heavy atom. The van der Waals surface area contributed by atoms with Gasteiger partial charge in [0, 0.05) is 41.1 Å². The maximum Gasteiger partial charge on any atom is 0.331 e. The van der Waals surface area contributed by atoms with Crippen molar-refractivity contribution in [3.63, 3.8) is 0 Å². The molecule has 0 fully saturated rings. The van der Waals surface area contributed by atoms with E-state index < -0.39 is 8.60 Å². The SMILES string of the molecule is COP(OC)OC.[C]=O.[C]=O.[C]=O.[C]=O.[Os]. The van der Waals surface area contributed by atoms with Gasteiger partial charge in [0.05, 0.1) is 0 Å². The molecular weight excluding hydrogens is 417 g/mol. The third-order valence-electron chi connectivity index (χ3n) is 0.447. The smallest absolute Gasteiger partial charge is 0.316 e. The summed E-state index contributed by atoms with van der Waals surface area (Å²) in [5.74, 6) is 0. The van der Waals surface area contributed by atoms with Gasteiger partial charge in [0.15, 0.2) is 0 Å². The van der Waals surface area contributed by atoms with Crippen LogP contribution >= 0.6 is 8.60 Å². The zero-order chi connectivity index (χ0) is 13.7. The third kappa shape index (κ3) is 68.6. The first-order valence-corrected chi connectivity index (χ1v) is 3.68. The summed E-state index contributed by atoms with van der Waals surface area (Å²) in [5.41, 5.74) is 0. The minimum atomic E-state index is -1.05. The van der Waals surface area contributed by atoms with Crippen molar-refractivity contribution >= 4 is 35.8 Å². The molecular formula is C7H9O7OsP. The topological polar surface area (TPSA) is 96.0 Å². The molecule has 0 aliphatic carbocycles. The first-order chi connectivity index (χ1) is 7.35. The second kappa shape index (κ2) is 85.8. The van der Waals surface area contributed by atoms with Crippen LogP contribution in [0.1, 0.15) is 0 Å². The molecule has 0 atom stereocenters. The Morgan fingerprint density at radius 1 is 0.625 bits per heavy atom. The van der Waals surface area contributed by atoms with Gasteiger partial charge in [0.25, 0.3) is 27.2 Å². The van der Waals surface area contributed by atoms with Crippen LogP contribution in [0.5, 0.6) is 0 Å². The molecule has 0 heterocycles. The fourth-order valence-corrected chi connectivity index (χ4v) is 0.671. The van der Waals surface area contributed by atoms with Gasteiger partial charge in [-0.25, -0.2) is 0 Å². The minimum absolute atomic E-state index is 0. The summed E-state index contributed by atoms with van der Waals surface area (Å²) >= 11 is 0. The summed E-state index contributed by atoms with van der Waals surface area (Å²) in [6, 6.07) is 0. The molecule has 7 nitrogen and oxygen atoms in total. The van der Waals surface area contributed by atoms with Crippen molar-refractivity contribution in [3.05, 3.63) is 0 Å². The second-order valence-electron chi connectivity index (χ2n) is 0.771. The normalized spacial score (nSPS) is 5.50. The van der Waals surface area contributed by atoms with E-state index in [1.54, 1.807) is 21.3 Å². The summed E-state index contributed by atoms with van der Waals surface area (Å²) in [6.45, 7) is 18.0. The van der Waals surface area contributed by atoms with Crippen LogP contribution in [0.3, 0.4) is 0 Å². The van der Waals surface area contributed by atoms with E-state index in [4.69, 9.17) is 19.2 Å². The van der Waals surface area contributed by atoms with E-state index in [2.05, 4.69) is 40.7 Å². The van der Waals surface area contributed by atoms with Gasteiger partial charge in [-0.05, 0) is 0 Å². The van der Waals surface area contributed by atoms with Crippen LogP contribution in [-0.4, -0.2) is 48.5 Å². The molecule has 0 aliphatic rings. The zero-order valence-electron chi connectivity index (χ0n) is 8.66. The average molecular weight is 426 g/mol. The van der Waals surface area contributed by atoms with E-state index in [0.717, 1.165) is 0 Å². The van der Waals surface area contributed by atoms with Crippen molar-refractivity contribution in [1.29, 1.82) is 0 Å². The molecule has 8 radical (unpaired) electrons. The van der Waals surface area contributed by atoms with Gasteiger partial charge >= 0.3 is 8.60 Å². The number of hydrogen-bond donors (Lipinski definition) is 0. The molecule has 0 rings (SSSR count). The minimum Gasteiger partial charge on any atom is -0.316 e. The van der Waals surface area contributed by atoms with Crippen molar-refractivity contribution in [1.82, 2.24) is 0 Å². The van der Waals surface area contributed by atoms with Gasteiger partial charge in [0.2, 0.25) is 0 Å². The van der Waals surface area contributed by atoms with Crippen LogP contribution in [-0.2, 0) is 52.5 Å². The van der Waals surface area contributed by atoms with Crippen LogP contribution in [0.25, 0.3) is 0 Å². The molecule has 9 heteroatoms. The standard InChI is InChI=1S/C3H9O3P.4CO.Os/c1-4-7(5-2)6-3;4*1-2;/h1-3H3;;;;;. The Hall–Kier alpha value is -0.374. The molecule has 16 heavy (non-hydrogen) atoms. The maximum atomic E-state index is 7.50. The molecule has 92 valence electrons. The predicted octanol–water partition coefficient (Wildman–Crippen LogP) is -0.438. The maximum absolute atomic E-state index is 7.50. The molecule has 0 saturated carbocycles. The summed E-state index contributed by atoms with van der Waals surface area (Å²) in [5, 5.41) is 0. The molecule has 0 N–H and O–H groups in total. The zero-order valence-corrected chi connectivity index (χ0v) is 12.1. The summed E-state index contributed by atoms with van der Waals surface area (Å²) in [4.78, 5) is 30.0. The van der Waals surface area contributed by atoms with Crippen molar-refractivity contribution < 1.29 is 52.5 Å². The molecule has 0 amide bonds. The monoisotopic (exact) mass is 428 g/mol. The van der Waals surface area contributed by atoms with E-state index in [0.29, 0.717) is 0 Å². The van der Waals surface area contributed by atoms with E-state index in [1.165, 1.54) is 0 Å². The third-order valence-corrected chi connectivity index (χ3v) is 1.34. The number of carbonyl (C=O) groups excluding carboxylic acids is 4. The predicted molar refractivity (Wildman–Crippen MR) is 50.7 cm³/mol. The largest absolute Gasteiger partial charge is 0.331 e. The van der Waals surface area contributed by atoms with Gasteiger partial charge in [-0.3, -0.25) is 19.2 Å². The molecule has 0 aliphatic heterocycles. The fourth-order valence-electron chi connectivity index (χ4n) is 0.224. The van der Waals surface area contributed by atoms with E-state index in [-0.39, 0.29) is 19.8 Å². The first-order valence-electron chi connectivity index (χ1n) is 2.59. The van der Waals surface area contributed by atoms with Crippen LogP contribution in [0.4, 0.5) is 0 Å². The van der Waals surface area contributed by atoms with Gasteiger partial charge in [0.1, 0.15) is 0 Å². The van der Waals surface area contributed by atoms with Crippen LogP contribution in [0.2, 0.25) is 0 Å². The van der Waals surface area contributed by atoms with Crippen molar-refractivity contribution in [2.24, 2.45) is 0 Å². The Bertz CT molecular complexity index is 73.6. The first kappa shape index (κ1) is 36.1. The van der Waals surface area contributed by atoms with Gasteiger partial charge in [-0.1, -0.05) is 0 Å². The van der Waals surface area contributed by atoms with Gasteiger partial charge in [-0.2, -0.15) is 0 Å². The Balaban J connectivity index is -0.0000000238. The van der Waals surface area contributed by atoms with Crippen molar-refractivity contribution in [2.45, 2.75) is 0 Å². The molecule has 0 aromatic heterocycles. The molecule has 0 saturated heterocycles. The van der Waals surface area contributed by atoms with Crippen LogP contribution in [0.15, 0.2) is 0 Å². The van der Waals surface area contributed by atoms with Crippen LogP contribution in [0, 0.1) is 0 Å². The second-order valence-corrected chi connectivity index (χ2v) is 2.31. The number of hydrogen-bond acceptors (Lipinski definition) is 7. The fraction of sp³-hybridized carbons (Fsp3) is 0.429. The Morgan fingerprint density at radius 2 is 0.750 bits per heavy atom. The van der Waals surface area contributed by atoms with E-state index >= 15 is 0 Å². The summed E-state index contributed by atoms with van der Waals surface area (Å²) in [7, 11) is 3.57. The van der Waals surface area contributed by atoms with Crippen LogP contribution < -0.4 is 0 Å². The molecule has 0 spiro atoms. The summed E-state index contributed by atoms with van der Waals surface area (Å²) in [6.07, 6.45) is 0. The van der Waals surface area contributed by atoms with Crippen molar-refractivity contribution in [3.8, 4) is 0 Å².